The molecule has 0 radical (unpaired) electrons. The van der Waals surface area contributed by atoms with Crippen molar-refractivity contribution in [3.8, 4) is 0 Å². The van der Waals surface area contributed by atoms with E-state index >= 15 is 0 Å². The van der Waals surface area contributed by atoms with Gasteiger partial charge >= 0.3 is 0 Å². The fourth-order valence-corrected chi connectivity index (χ4v) is 3.80. The summed E-state index contributed by atoms with van der Waals surface area (Å²) in [7, 11) is 0. The average molecular weight is 484 g/mol. The second-order valence-corrected chi connectivity index (χ2v) is 9.14. The second kappa shape index (κ2) is 17.9. The molecule has 29 heavy (non-hydrogen) atoms. The summed E-state index contributed by atoms with van der Waals surface area (Å²) >= 11 is 8.57. The van der Waals surface area contributed by atoms with Crippen LogP contribution in [-0.4, -0.2) is 17.6 Å². The summed E-state index contributed by atoms with van der Waals surface area (Å²) in [6, 6.07) is 7.24. The standard InChI is InChI=1S/C24H39BrN2OS/c1-2-3-4-5-6-7-8-9-10-11-12-13-14-15-20-26-24(29)27-23(28)21-16-18-22(25)19-17-21/h16-19H,2-15,20H2,1H3,(H2,26,27,28,29). The van der Waals surface area contributed by atoms with Crippen molar-refractivity contribution in [1.82, 2.24) is 10.6 Å². The van der Waals surface area contributed by atoms with Crippen LogP contribution < -0.4 is 10.6 Å². The Kier molecular flexibility index (Phi) is 16.1. The topological polar surface area (TPSA) is 41.1 Å². The number of nitrogens with one attached hydrogen (secondary N) is 2. The molecule has 3 nitrogen and oxygen atoms in total. The molecule has 0 fully saturated rings. The van der Waals surface area contributed by atoms with Crippen LogP contribution in [0, 0.1) is 0 Å². The molecule has 1 aromatic rings. The highest BCUT2D eigenvalue weighted by Gasteiger charge is 2.06. The number of thiocarbonyl (C=S) groups is 1. The van der Waals surface area contributed by atoms with Crippen LogP contribution in [0.4, 0.5) is 0 Å². The van der Waals surface area contributed by atoms with Gasteiger partial charge in [-0.05, 0) is 42.9 Å². The Labute approximate surface area is 191 Å². The van der Waals surface area contributed by atoms with E-state index in [1.807, 2.05) is 12.1 Å². The first kappa shape index (κ1) is 26.1. The first-order valence-electron chi connectivity index (χ1n) is 11.5. The monoisotopic (exact) mass is 482 g/mol. The maximum absolute atomic E-state index is 12.1. The van der Waals surface area contributed by atoms with Crippen molar-refractivity contribution in [1.29, 1.82) is 0 Å². The maximum atomic E-state index is 12.1. The summed E-state index contributed by atoms with van der Waals surface area (Å²) in [4.78, 5) is 12.1. The van der Waals surface area contributed by atoms with Crippen LogP contribution in [-0.2, 0) is 0 Å². The van der Waals surface area contributed by atoms with Gasteiger partial charge in [0.2, 0.25) is 0 Å². The van der Waals surface area contributed by atoms with Gasteiger partial charge in [-0.3, -0.25) is 10.1 Å². The van der Waals surface area contributed by atoms with Crippen molar-refractivity contribution in [3.63, 3.8) is 0 Å². The van der Waals surface area contributed by atoms with Crippen molar-refractivity contribution < 1.29 is 4.79 Å². The van der Waals surface area contributed by atoms with E-state index in [0.29, 0.717) is 10.7 Å². The minimum atomic E-state index is -0.170. The molecule has 0 saturated carbocycles. The quantitative estimate of drug-likeness (QED) is 0.189. The summed E-state index contributed by atoms with van der Waals surface area (Å²) in [5.74, 6) is -0.170. The van der Waals surface area contributed by atoms with Gasteiger partial charge in [-0.25, -0.2) is 0 Å². The molecule has 0 aliphatic carbocycles. The Balaban J connectivity index is 1.87. The van der Waals surface area contributed by atoms with Crippen LogP contribution >= 0.6 is 28.1 Å². The van der Waals surface area contributed by atoms with E-state index in [4.69, 9.17) is 12.2 Å². The Morgan fingerprint density at radius 1 is 0.793 bits per heavy atom. The molecule has 2 N–H and O–H groups in total. The van der Waals surface area contributed by atoms with Crippen molar-refractivity contribution in [2.45, 2.75) is 96.8 Å². The fourth-order valence-electron chi connectivity index (χ4n) is 3.34. The van der Waals surface area contributed by atoms with E-state index in [1.165, 1.54) is 83.5 Å². The van der Waals surface area contributed by atoms with Gasteiger partial charge in [0.1, 0.15) is 0 Å². The summed E-state index contributed by atoms with van der Waals surface area (Å²) in [5, 5.41) is 6.27. The second-order valence-electron chi connectivity index (χ2n) is 7.81. The fraction of sp³-hybridized carbons (Fsp3) is 0.667. The van der Waals surface area contributed by atoms with E-state index < -0.39 is 0 Å². The number of unbranched alkanes of at least 4 members (excludes halogenated alkanes) is 13. The lowest BCUT2D eigenvalue weighted by Crippen LogP contribution is -2.39. The van der Waals surface area contributed by atoms with Gasteiger partial charge in [-0.15, -0.1) is 0 Å². The van der Waals surface area contributed by atoms with E-state index in [1.54, 1.807) is 12.1 Å². The summed E-state index contributed by atoms with van der Waals surface area (Å²) in [6.45, 7) is 3.09. The number of benzene rings is 1. The van der Waals surface area contributed by atoms with Gasteiger partial charge in [0.15, 0.2) is 5.11 Å². The van der Waals surface area contributed by atoms with Crippen molar-refractivity contribution in [2.24, 2.45) is 0 Å². The lowest BCUT2D eigenvalue weighted by atomic mass is 10.0. The first-order chi connectivity index (χ1) is 14.1. The molecule has 0 aromatic heterocycles. The molecule has 1 aromatic carbocycles. The SMILES string of the molecule is CCCCCCCCCCCCCCCCNC(=S)NC(=O)c1ccc(Br)cc1. The highest BCUT2D eigenvalue weighted by atomic mass is 79.9. The number of halogens is 1. The summed E-state index contributed by atoms with van der Waals surface area (Å²) in [6.07, 6.45) is 19.0. The minimum Gasteiger partial charge on any atom is -0.362 e. The van der Waals surface area contributed by atoms with Gasteiger partial charge in [0.25, 0.3) is 5.91 Å². The van der Waals surface area contributed by atoms with Crippen LogP contribution in [0.2, 0.25) is 0 Å². The zero-order chi connectivity index (χ0) is 21.2. The molecule has 0 saturated heterocycles. The zero-order valence-corrected chi connectivity index (χ0v) is 20.5. The van der Waals surface area contributed by atoms with Crippen molar-refractivity contribution in [3.05, 3.63) is 34.3 Å². The molecule has 0 aliphatic heterocycles. The zero-order valence-electron chi connectivity index (χ0n) is 18.1. The van der Waals surface area contributed by atoms with Gasteiger partial charge in [0.05, 0.1) is 0 Å². The van der Waals surface area contributed by atoms with Crippen LogP contribution in [0.15, 0.2) is 28.7 Å². The van der Waals surface area contributed by atoms with E-state index in [0.717, 1.165) is 17.4 Å². The van der Waals surface area contributed by atoms with Crippen LogP contribution in [0.5, 0.6) is 0 Å². The minimum absolute atomic E-state index is 0.170. The first-order valence-corrected chi connectivity index (χ1v) is 12.7. The van der Waals surface area contributed by atoms with Crippen LogP contribution in [0.25, 0.3) is 0 Å². The normalized spacial score (nSPS) is 10.7. The lowest BCUT2D eigenvalue weighted by molar-refractivity contribution is 0.0976. The molecule has 0 aliphatic rings. The van der Waals surface area contributed by atoms with Gasteiger partial charge < -0.3 is 5.32 Å². The predicted molar refractivity (Wildman–Crippen MR) is 133 cm³/mol. The summed E-state index contributed by atoms with van der Waals surface area (Å²) in [5.41, 5.74) is 0.605. The van der Waals surface area contributed by atoms with Gasteiger partial charge in [-0.2, -0.15) is 0 Å². The molecule has 0 atom stereocenters. The van der Waals surface area contributed by atoms with Crippen LogP contribution in [0.1, 0.15) is 107 Å². The molecule has 0 spiro atoms. The Morgan fingerprint density at radius 2 is 1.24 bits per heavy atom. The van der Waals surface area contributed by atoms with Crippen LogP contribution in [0.3, 0.4) is 0 Å². The number of hydrogen-bond donors (Lipinski definition) is 2. The van der Waals surface area contributed by atoms with Crippen molar-refractivity contribution >= 4 is 39.2 Å². The third-order valence-corrected chi connectivity index (χ3v) is 5.92. The third-order valence-electron chi connectivity index (χ3n) is 5.15. The van der Waals surface area contributed by atoms with Crippen molar-refractivity contribution in [2.75, 3.05) is 6.54 Å². The average Bonchev–Trinajstić information content (AvgIpc) is 2.71. The largest absolute Gasteiger partial charge is 0.362 e. The summed E-state index contributed by atoms with van der Waals surface area (Å²) < 4.78 is 0.951. The Bertz CT molecular complexity index is 563. The predicted octanol–water partition coefficient (Wildman–Crippen LogP) is 7.53. The number of hydrogen-bond acceptors (Lipinski definition) is 2. The molecule has 0 bridgehead atoms. The lowest BCUT2D eigenvalue weighted by Gasteiger charge is -2.09. The molecule has 164 valence electrons. The molecule has 1 amide bonds. The van der Waals surface area contributed by atoms with Gasteiger partial charge in [0, 0.05) is 16.6 Å². The number of rotatable bonds is 16. The Hall–Kier alpha value is -0.940. The molecule has 0 heterocycles. The molecule has 5 heteroatoms. The van der Waals surface area contributed by atoms with E-state index in [9.17, 15) is 4.79 Å². The van der Waals surface area contributed by atoms with E-state index in [-0.39, 0.29) is 5.91 Å². The van der Waals surface area contributed by atoms with E-state index in [2.05, 4.69) is 33.5 Å². The number of carbonyl (C=O) groups excluding carboxylic acids is 1. The highest BCUT2D eigenvalue weighted by Crippen LogP contribution is 2.13. The highest BCUT2D eigenvalue weighted by molar-refractivity contribution is 9.10. The maximum Gasteiger partial charge on any atom is 0.257 e. The molecular formula is C24H39BrN2OS. The van der Waals surface area contributed by atoms with Gasteiger partial charge in [-0.1, -0.05) is 106 Å². The third kappa shape index (κ3) is 14.6. The smallest absolute Gasteiger partial charge is 0.257 e. The molecule has 1 rings (SSSR count). The molecular weight excluding hydrogens is 444 g/mol. The molecule has 0 unspecified atom stereocenters. The number of amides is 1. The Morgan fingerprint density at radius 3 is 1.72 bits per heavy atom. The number of carbonyl (C=O) groups is 1.